The van der Waals surface area contributed by atoms with Crippen molar-refractivity contribution in [1.82, 2.24) is 5.32 Å². The van der Waals surface area contributed by atoms with Gasteiger partial charge in [-0.05, 0) is 12.1 Å². The van der Waals surface area contributed by atoms with Crippen LogP contribution in [0, 0.1) is 12.5 Å². The van der Waals surface area contributed by atoms with Crippen LogP contribution in [-0.4, -0.2) is 7.05 Å². The van der Waals surface area contributed by atoms with Gasteiger partial charge in [0.25, 0.3) is 0 Å². The Morgan fingerprint density at radius 1 is 1.38 bits per heavy atom. The minimum absolute atomic E-state index is 1.12. The highest BCUT2D eigenvalue weighted by atomic mass is 15.1. The number of hydrogen-bond donors (Lipinski definition) is 1. The number of nitrogens with one attached hydrogen (secondary N) is 1. The summed E-state index contributed by atoms with van der Waals surface area (Å²) < 4.78 is 0. The van der Waals surface area contributed by atoms with Gasteiger partial charge in [-0.15, -0.1) is 0 Å². The maximum Gasteiger partial charge on any atom is 0.0403 e. The fraction of sp³-hybridized carbons (Fsp3) is 0.0909. The first-order chi connectivity index (χ1) is 6.34. The Bertz CT molecular complexity index is 309. The molecular formula is C11H12N2. The van der Waals surface area contributed by atoms with Gasteiger partial charge >= 0.3 is 0 Å². The number of rotatable bonds is 3. The average Bonchev–Trinajstić information content (AvgIpc) is 2.19. The smallest absolute Gasteiger partial charge is 0.0403 e. The van der Waals surface area contributed by atoms with Gasteiger partial charge in [0, 0.05) is 31.2 Å². The zero-order valence-corrected chi connectivity index (χ0v) is 7.57. The van der Waals surface area contributed by atoms with Gasteiger partial charge in [0.1, 0.15) is 0 Å². The Balaban J connectivity index is 2.60. The van der Waals surface area contributed by atoms with Crippen molar-refractivity contribution in [2.24, 2.45) is 0 Å². The second-order valence-corrected chi connectivity index (χ2v) is 2.55. The second-order valence-electron chi connectivity index (χ2n) is 2.55. The molecule has 1 aromatic carbocycles. The van der Waals surface area contributed by atoms with E-state index in [1.807, 2.05) is 48.5 Å². The van der Waals surface area contributed by atoms with Crippen molar-refractivity contribution in [2.45, 2.75) is 0 Å². The van der Waals surface area contributed by atoms with Crippen molar-refractivity contribution in [3.63, 3.8) is 0 Å². The summed E-state index contributed by atoms with van der Waals surface area (Å²) in [4.78, 5) is 1.98. The van der Waals surface area contributed by atoms with E-state index in [2.05, 4.69) is 11.4 Å². The number of para-hydroxylation sites is 1. The SMILES string of the molecule is C#CN/C=C\N(C)c1ccccc1. The Labute approximate surface area is 78.9 Å². The van der Waals surface area contributed by atoms with Crippen LogP contribution in [0.4, 0.5) is 5.69 Å². The van der Waals surface area contributed by atoms with Gasteiger partial charge in [-0.25, -0.2) is 0 Å². The van der Waals surface area contributed by atoms with E-state index in [1.165, 1.54) is 0 Å². The fourth-order valence-electron chi connectivity index (χ4n) is 0.946. The molecule has 2 nitrogen and oxygen atoms in total. The third-order valence-electron chi connectivity index (χ3n) is 1.63. The number of nitrogens with zero attached hydrogens (tertiary/aromatic N) is 1. The Hall–Kier alpha value is -1.88. The molecule has 1 N–H and O–H groups in total. The summed E-state index contributed by atoms with van der Waals surface area (Å²) in [6, 6.07) is 12.3. The van der Waals surface area contributed by atoms with Gasteiger partial charge in [0.2, 0.25) is 0 Å². The first kappa shape index (κ1) is 9.21. The van der Waals surface area contributed by atoms with Crippen LogP contribution < -0.4 is 10.2 Å². The lowest BCUT2D eigenvalue weighted by atomic mass is 10.3. The van der Waals surface area contributed by atoms with Crippen LogP contribution in [0.2, 0.25) is 0 Å². The summed E-state index contributed by atoms with van der Waals surface area (Å²) in [6.45, 7) is 0. The number of anilines is 1. The first-order valence-corrected chi connectivity index (χ1v) is 4.00. The lowest BCUT2D eigenvalue weighted by Gasteiger charge is -2.12. The zero-order chi connectivity index (χ0) is 9.52. The predicted molar refractivity (Wildman–Crippen MR) is 56.0 cm³/mol. The normalized spacial score (nSPS) is 9.54. The van der Waals surface area contributed by atoms with E-state index in [4.69, 9.17) is 6.42 Å². The standard InChI is InChI=1S/C11H12N2/c1-3-12-9-10-13(2)11-7-5-4-6-8-11/h1,4-10,12H,2H3/b10-9-. The van der Waals surface area contributed by atoms with Crippen molar-refractivity contribution >= 4 is 5.69 Å². The first-order valence-electron chi connectivity index (χ1n) is 4.00. The quantitative estimate of drug-likeness (QED) is 0.552. The van der Waals surface area contributed by atoms with Crippen LogP contribution >= 0.6 is 0 Å². The number of terminal acetylenes is 1. The monoisotopic (exact) mass is 172 g/mol. The van der Waals surface area contributed by atoms with Gasteiger partial charge in [-0.3, -0.25) is 0 Å². The molecule has 0 saturated heterocycles. The largest absolute Gasteiger partial charge is 0.350 e. The number of hydrogen-bond acceptors (Lipinski definition) is 2. The maximum absolute atomic E-state index is 5.02. The molecule has 0 amide bonds. The third-order valence-corrected chi connectivity index (χ3v) is 1.63. The van der Waals surface area contributed by atoms with E-state index in [1.54, 1.807) is 6.20 Å². The molecule has 0 aliphatic carbocycles. The van der Waals surface area contributed by atoms with Crippen molar-refractivity contribution in [1.29, 1.82) is 0 Å². The minimum Gasteiger partial charge on any atom is -0.350 e. The van der Waals surface area contributed by atoms with Gasteiger partial charge in [0.15, 0.2) is 0 Å². The van der Waals surface area contributed by atoms with E-state index in [0.717, 1.165) is 5.69 Å². The Kier molecular flexibility index (Phi) is 3.46. The number of benzene rings is 1. The molecule has 0 bridgehead atoms. The minimum atomic E-state index is 1.12. The van der Waals surface area contributed by atoms with Crippen LogP contribution in [-0.2, 0) is 0 Å². The second kappa shape index (κ2) is 4.89. The molecule has 0 aliphatic rings. The van der Waals surface area contributed by atoms with E-state index in [-0.39, 0.29) is 0 Å². The highest BCUT2D eigenvalue weighted by molar-refractivity contribution is 5.47. The average molecular weight is 172 g/mol. The molecule has 1 aromatic rings. The highest BCUT2D eigenvalue weighted by Gasteiger charge is 1.92. The highest BCUT2D eigenvalue weighted by Crippen LogP contribution is 2.10. The van der Waals surface area contributed by atoms with Gasteiger partial charge in [0.05, 0.1) is 0 Å². The van der Waals surface area contributed by atoms with Gasteiger partial charge < -0.3 is 10.2 Å². The van der Waals surface area contributed by atoms with Crippen LogP contribution in [0.3, 0.4) is 0 Å². The van der Waals surface area contributed by atoms with Crippen LogP contribution in [0.1, 0.15) is 0 Å². The molecule has 0 aromatic heterocycles. The van der Waals surface area contributed by atoms with Crippen LogP contribution in [0.25, 0.3) is 0 Å². The van der Waals surface area contributed by atoms with E-state index >= 15 is 0 Å². The zero-order valence-electron chi connectivity index (χ0n) is 7.57. The van der Waals surface area contributed by atoms with E-state index < -0.39 is 0 Å². The Morgan fingerprint density at radius 2 is 2.08 bits per heavy atom. The fourth-order valence-corrected chi connectivity index (χ4v) is 0.946. The molecule has 0 unspecified atom stereocenters. The molecule has 0 aliphatic heterocycles. The molecule has 0 spiro atoms. The summed E-state index contributed by atoms with van der Waals surface area (Å²) in [6.07, 6.45) is 8.61. The third kappa shape index (κ3) is 2.92. The van der Waals surface area contributed by atoms with E-state index in [9.17, 15) is 0 Å². The van der Waals surface area contributed by atoms with E-state index in [0.29, 0.717) is 0 Å². The van der Waals surface area contributed by atoms with Crippen molar-refractivity contribution < 1.29 is 0 Å². The summed E-state index contributed by atoms with van der Waals surface area (Å²) in [5.74, 6) is 0. The van der Waals surface area contributed by atoms with Gasteiger partial charge in [-0.1, -0.05) is 24.6 Å². The molecule has 0 heterocycles. The molecule has 13 heavy (non-hydrogen) atoms. The molecule has 1 rings (SSSR count). The molecule has 0 radical (unpaired) electrons. The van der Waals surface area contributed by atoms with Gasteiger partial charge in [-0.2, -0.15) is 0 Å². The Morgan fingerprint density at radius 3 is 2.69 bits per heavy atom. The van der Waals surface area contributed by atoms with Crippen molar-refractivity contribution in [3.8, 4) is 12.5 Å². The molecular weight excluding hydrogens is 160 g/mol. The molecule has 0 fully saturated rings. The molecule has 2 heteroatoms. The van der Waals surface area contributed by atoms with Crippen molar-refractivity contribution in [3.05, 3.63) is 42.7 Å². The molecule has 0 saturated carbocycles. The molecule has 66 valence electrons. The molecule has 0 atom stereocenters. The predicted octanol–water partition coefficient (Wildman–Crippen LogP) is 1.77. The maximum atomic E-state index is 5.02. The van der Waals surface area contributed by atoms with Crippen molar-refractivity contribution in [2.75, 3.05) is 11.9 Å². The summed E-state index contributed by atoms with van der Waals surface area (Å²) in [5.41, 5.74) is 1.12. The summed E-state index contributed by atoms with van der Waals surface area (Å²) >= 11 is 0. The summed E-state index contributed by atoms with van der Waals surface area (Å²) in [7, 11) is 1.96. The van der Waals surface area contributed by atoms with Crippen LogP contribution in [0.15, 0.2) is 42.7 Å². The lowest BCUT2D eigenvalue weighted by molar-refractivity contribution is 1.15. The lowest BCUT2D eigenvalue weighted by Crippen LogP contribution is -2.09. The topological polar surface area (TPSA) is 15.3 Å². The van der Waals surface area contributed by atoms with Crippen LogP contribution in [0.5, 0.6) is 0 Å². The summed E-state index contributed by atoms with van der Waals surface area (Å²) in [5, 5.41) is 2.65.